The maximum absolute atomic E-state index is 11.6. The topological polar surface area (TPSA) is 78.8 Å². The number of carbonyl (C=O) groups is 1. The second kappa shape index (κ2) is 9.42. The van der Waals surface area contributed by atoms with Crippen molar-refractivity contribution in [3.8, 4) is 0 Å². The molecule has 1 amide bonds. The zero-order valence-electron chi connectivity index (χ0n) is 18.3. The van der Waals surface area contributed by atoms with Crippen molar-refractivity contribution < 1.29 is 14.7 Å². The van der Waals surface area contributed by atoms with E-state index in [4.69, 9.17) is 9.94 Å². The fourth-order valence-corrected chi connectivity index (χ4v) is 4.88. The van der Waals surface area contributed by atoms with E-state index in [2.05, 4.69) is 33.0 Å². The standard InChI is InChI=1S/C25H30N4O3/c30-25(27-31)20-4-1-19(2-5-20)17-29-23-6-3-18(8-10-28-11-13-32-14-12-28)15-22(23)21-7-9-26-16-24(21)29/h1-6,15,26,31H,7-14,16-17H2,(H,27,30). The molecule has 0 aliphatic carbocycles. The molecular weight excluding hydrogens is 404 g/mol. The Morgan fingerprint density at radius 1 is 1.09 bits per heavy atom. The number of ether oxygens (including phenoxy) is 1. The molecule has 5 rings (SSSR count). The molecule has 0 spiro atoms. The van der Waals surface area contributed by atoms with Gasteiger partial charge in [0.2, 0.25) is 0 Å². The van der Waals surface area contributed by atoms with Gasteiger partial charge in [-0.2, -0.15) is 0 Å². The maximum atomic E-state index is 11.6. The number of nitrogens with zero attached hydrogens (tertiary/aromatic N) is 2. The van der Waals surface area contributed by atoms with Gasteiger partial charge in [0.05, 0.1) is 13.2 Å². The summed E-state index contributed by atoms with van der Waals surface area (Å²) in [5.41, 5.74) is 8.74. The number of benzene rings is 2. The maximum Gasteiger partial charge on any atom is 0.274 e. The summed E-state index contributed by atoms with van der Waals surface area (Å²) in [7, 11) is 0. The lowest BCUT2D eigenvalue weighted by Gasteiger charge is -2.26. The molecule has 7 nitrogen and oxygen atoms in total. The zero-order chi connectivity index (χ0) is 21.9. The second-order valence-corrected chi connectivity index (χ2v) is 8.63. The number of hydroxylamine groups is 1. The number of hydrogen-bond donors (Lipinski definition) is 3. The highest BCUT2D eigenvalue weighted by atomic mass is 16.5. The van der Waals surface area contributed by atoms with Gasteiger partial charge in [-0.25, -0.2) is 5.48 Å². The largest absolute Gasteiger partial charge is 0.379 e. The molecule has 168 valence electrons. The Kier molecular flexibility index (Phi) is 6.23. The van der Waals surface area contributed by atoms with Crippen LogP contribution in [0.5, 0.6) is 0 Å². The third-order valence-corrected chi connectivity index (χ3v) is 6.67. The normalized spacial score (nSPS) is 16.8. The summed E-state index contributed by atoms with van der Waals surface area (Å²) < 4.78 is 7.87. The van der Waals surface area contributed by atoms with Crippen LogP contribution >= 0.6 is 0 Å². The SMILES string of the molecule is O=C(NO)c1ccc(Cn2c3c(c4cc(CCN5CCOCC5)ccc42)CCNC3)cc1. The van der Waals surface area contributed by atoms with E-state index in [1.54, 1.807) is 17.6 Å². The van der Waals surface area contributed by atoms with Crippen LogP contribution in [0.4, 0.5) is 0 Å². The first-order valence-electron chi connectivity index (χ1n) is 11.4. The predicted octanol–water partition coefficient (Wildman–Crippen LogP) is 2.33. The minimum Gasteiger partial charge on any atom is -0.379 e. The van der Waals surface area contributed by atoms with Gasteiger partial charge in [-0.1, -0.05) is 18.2 Å². The summed E-state index contributed by atoms with van der Waals surface area (Å²) >= 11 is 0. The molecule has 1 saturated heterocycles. The Balaban J connectivity index is 1.41. The van der Waals surface area contributed by atoms with Crippen molar-refractivity contribution in [3.05, 3.63) is 70.4 Å². The Morgan fingerprint density at radius 2 is 1.88 bits per heavy atom. The number of amides is 1. The highest BCUT2D eigenvalue weighted by molar-refractivity contribution is 5.93. The van der Waals surface area contributed by atoms with Crippen LogP contribution in [0.2, 0.25) is 0 Å². The Hall–Kier alpha value is -2.71. The molecule has 0 atom stereocenters. The van der Waals surface area contributed by atoms with Crippen molar-refractivity contribution in [1.29, 1.82) is 0 Å². The van der Waals surface area contributed by atoms with E-state index in [0.717, 1.165) is 70.9 Å². The van der Waals surface area contributed by atoms with Gasteiger partial charge >= 0.3 is 0 Å². The molecule has 3 heterocycles. The van der Waals surface area contributed by atoms with Crippen LogP contribution in [-0.4, -0.2) is 60.0 Å². The number of rotatable bonds is 6. The quantitative estimate of drug-likeness (QED) is 0.410. The molecule has 32 heavy (non-hydrogen) atoms. The molecule has 0 bridgehead atoms. The zero-order valence-corrected chi connectivity index (χ0v) is 18.3. The van der Waals surface area contributed by atoms with Gasteiger partial charge in [-0.05, 0) is 60.3 Å². The third kappa shape index (κ3) is 4.29. The van der Waals surface area contributed by atoms with Crippen molar-refractivity contribution in [2.75, 3.05) is 39.4 Å². The van der Waals surface area contributed by atoms with E-state index in [-0.39, 0.29) is 0 Å². The Morgan fingerprint density at radius 3 is 2.66 bits per heavy atom. The van der Waals surface area contributed by atoms with Crippen LogP contribution in [0.15, 0.2) is 42.5 Å². The first kappa shape index (κ1) is 21.2. The fourth-order valence-electron chi connectivity index (χ4n) is 4.88. The molecule has 2 aliphatic rings. The van der Waals surface area contributed by atoms with Crippen molar-refractivity contribution in [2.24, 2.45) is 0 Å². The van der Waals surface area contributed by atoms with Gasteiger partial charge in [0.1, 0.15) is 0 Å². The van der Waals surface area contributed by atoms with Crippen LogP contribution in [0, 0.1) is 0 Å². The number of morpholine rings is 1. The monoisotopic (exact) mass is 434 g/mol. The highest BCUT2D eigenvalue weighted by Crippen LogP contribution is 2.30. The molecule has 2 aliphatic heterocycles. The summed E-state index contributed by atoms with van der Waals surface area (Å²) in [5.74, 6) is -0.492. The number of carbonyl (C=O) groups excluding carboxylic acids is 1. The molecule has 3 aromatic rings. The lowest BCUT2D eigenvalue weighted by Crippen LogP contribution is -2.37. The smallest absolute Gasteiger partial charge is 0.274 e. The third-order valence-electron chi connectivity index (χ3n) is 6.67. The number of fused-ring (bicyclic) bond motifs is 3. The molecular formula is C25H30N4O3. The van der Waals surface area contributed by atoms with E-state index < -0.39 is 5.91 Å². The lowest BCUT2D eigenvalue weighted by molar-refractivity contribution is 0.0384. The molecule has 3 N–H and O–H groups in total. The van der Waals surface area contributed by atoms with E-state index in [0.29, 0.717) is 5.56 Å². The van der Waals surface area contributed by atoms with E-state index in [1.807, 2.05) is 12.1 Å². The first-order valence-corrected chi connectivity index (χ1v) is 11.4. The summed E-state index contributed by atoms with van der Waals surface area (Å²) in [4.78, 5) is 14.1. The van der Waals surface area contributed by atoms with Crippen molar-refractivity contribution >= 4 is 16.8 Å². The predicted molar refractivity (Wildman–Crippen MR) is 123 cm³/mol. The summed E-state index contributed by atoms with van der Waals surface area (Å²) in [5, 5.41) is 13.7. The molecule has 1 fully saturated rings. The molecule has 0 radical (unpaired) electrons. The van der Waals surface area contributed by atoms with Crippen molar-refractivity contribution in [3.63, 3.8) is 0 Å². The van der Waals surface area contributed by atoms with Crippen LogP contribution in [-0.2, 0) is 30.7 Å². The van der Waals surface area contributed by atoms with E-state index in [9.17, 15) is 4.79 Å². The highest BCUT2D eigenvalue weighted by Gasteiger charge is 2.20. The van der Waals surface area contributed by atoms with Gasteiger partial charge < -0.3 is 14.6 Å². The minimum atomic E-state index is -0.492. The Labute approximate surface area is 187 Å². The average Bonchev–Trinajstić information content (AvgIpc) is 3.16. The average molecular weight is 435 g/mol. The van der Waals surface area contributed by atoms with E-state index in [1.165, 1.54) is 27.7 Å². The van der Waals surface area contributed by atoms with Crippen LogP contribution < -0.4 is 10.8 Å². The van der Waals surface area contributed by atoms with Crippen LogP contribution in [0.25, 0.3) is 10.9 Å². The van der Waals surface area contributed by atoms with E-state index >= 15 is 0 Å². The fraction of sp³-hybridized carbons (Fsp3) is 0.400. The van der Waals surface area contributed by atoms with Crippen LogP contribution in [0.3, 0.4) is 0 Å². The van der Waals surface area contributed by atoms with Crippen molar-refractivity contribution in [1.82, 2.24) is 20.3 Å². The lowest BCUT2D eigenvalue weighted by atomic mass is 10.0. The molecule has 0 unspecified atom stereocenters. The van der Waals surface area contributed by atoms with Crippen LogP contribution in [0.1, 0.15) is 32.7 Å². The summed E-state index contributed by atoms with van der Waals surface area (Å²) in [6, 6.07) is 14.3. The van der Waals surface area contributed by atoms with Gasteiger partial charge in [-0.15, -0.1) is 0 Å². The molecule has 0 saturated carbocycles. The molecule has 2 aromatic carbocycles. The van der Waals surface area contributed by atoms with Gasteiger partial charge in [0, 0.05) is 54.9 Å². The van der Waals surface area contributed by atoms with Gasteiger partial charge in [0.25, 0.3) is 5.91 Å². The Bertz CT molecular complexity index is 1100. The number of hydrogen-bond acceptors (Lipinski definition) is 5. The molecule has 1 aromatic heterocycles. The summed E-state index contributed by atoms with van der Waals surface area (Å²) in [6.45, 7) is 7.45. The second-order valence-electron chi connectivity index (χ2n) is 8.63. The van der Waals surface area contributed by atoms with Gasteiger partial charge in [0.15, 0.2) is 0 Å². The first-order chi connectivity index (χ1) is 15.7. The van der Waals surface area contributed by atoms with Crippen molar-refractivity contribution in [2.45, 2.75) is 25.9 Å². The minimum absolute atomic E-state index is 0.446. The number of nitrogens with one attached hydrogen (secondary N) is 2. The van der Waals surface area contributed by atoms with Gasteiger partial charge in [-0.3, -0.25) is 14.9 Å². The summed E-state index contributed by atoms with van der Waals surface area (Å²) in [6.07, 6.45) is 2.10. The molecule has 7 heteroatoms. The number of aromatic nitrogens is 1.